The van der Waals surface area contributed by atoms with Crippen molar-refractivity contribution in [3.05, 3.63) is 28.5 Å². The van der Waals surface area contributed by atoms with Gasteiger partial charge in [0, 0.05) is 7.11 Å². The normalized spacial score (nSPS) is 12.0. The molecule has 2 aromatic heterocycles. The summed E-state index contributed by atoms with van der Waals surface area (Å²) in [5.74, 6) is 0.802. The molecule has 104 valence electrons. The quantitative estimate of drug-likeness (QED) is 0.795. The number of ether oxygens (including phenoxy) is 1. The topological polar surface area (TPSA) is 88.0 Å². The third-order valence-corrected chi connectivity index (χ3v) is 2.46. The summed E-state index contributed by atoms with van der Waals surface area (Å²) in [7, 11) is 1.54. The van der Waals surface area contributed by atoms with E-state index in [0.717, 1.165) is 0 Å². The molecule has 0 saturated heterocycles. The van der Waals surface area contributed by atoms with E-state index in [1.54, 1.807) is 7.11 Å². The van der Waals surface area contributed by atoms with Crippen molar-refractivity contribution in [2.75, 3.05) is 7.11 Å². The van der Waals surface area contributed by atoms with Crippen molar-refractivity contribution < 1.29 is 9.26 Å². The second-order valence-corrected chi connectivity index (χ2v) is 5.16. The summed E-state index contributed by atoms with van der Waals surface area (Å²) in [6, 6.07) is 0. The van der Waals surface area contributed by atoms with Gasteiger partial charge in [0.15, 0.2) is 5.82 Å². The molecule has 0 saturated carbocycles. The van der Waals surface area contributed by atoms with Crippen LogP contribution in [0.4, 0.5) is 0 Å². The molecular formula is C11H17N5O3. The first-order valence-electron chi connectivity index (χ1n) is 5.87. The van der Waals surface area contributed by atoms with Crippen LogP contribution in [0.3, 0.4) is 0 Å². The SMILES string of the molecule is COCc1nc(Cn2cnn(C(C)(C)C)c2=O)no1. The molecule has 0 radical (unpaired) electrons. The van der Waals surface area contributed by atoms with Crippen molar-refractivity contribution in [3.63, 3.8) is 0 Å². The van der Waals surface area contributed by atoms with Crippen LogP contribution in [0.5, 0.6) is 0 Å². The van der Waals surface area contributed by atoms with E-state index in [1.807, 2.05) is 20.8 Å². The number of hydrogen-bond donors (Lipinski definition) is 0. The Balaban J connectivity index is 2.19. The predicted octanol–water partition coefficient (Wildman–Crippen LogP) is 0.377. The van der Waals surface area contributed by atoms with Gasteiger partial charge >= 0.3 is 5.69 Å². The van der Waals surface area contributed by atoms with E-state index in [4.69, 9.17) is 9.26 Å². The molecule has 0 aliphatic carbocycles. The molecule has 0 fully saturated rings. The molecule has 0 amide bonds. The summed E-state index contributed by atoms with van der Waals surface area (Å²) >= 11 is 0. The first-order chi connectivity index (χ1) is 8.91. The summed E-state index contributed by atoms with van der Waals surface area (Å²) in [5, 5.41) is 7.86. The predicted molar refractivity (Wildman–Crippen MR) is 65.6 cm³/mol. The van der Waals surface area contributed by atoms with Crippen LogP contribution in [-0.2, 0) is 23.4 Å². The van der Waals surface area contributed by atoms with E-state index < -0.39 is 0 Å². The van der Waals surface area contributed by atoms with Gasteiger partial charge in [-0.3, -0.25) is 4.57 Å². The fraction of sp³-hybridized carbons (Fsp3) is 0.636. The molecule has 2 heterocycles. The zero-order valence-corrected chi connectivity index (χ0v) is 11.5. The highest BCUT2D eigenvalue weighted by Crippen LogP contribution is 2.08. The van der Waals surface area contributed by atoms with Crippen LogP contribution in [0.2, 0.25) is 0 Å². The van der Waals surface area contributed by atoms with E-state index in [-0.39, 0.29) is 24.4 Å². The van der Waals surface area contributed by atoms with Crippen LogP contribution in [0, 0.1) is 0 Å². The lowest BCUT2D eigenvalue weighted by molar-refractivity contribution is 0.151. The first-order valence-corrected chi connectivity index (χ1v) is 5.87. The molecule has 0 aliphatic rings. The summed E-state index contributed by atoms with van der Waals surface area (Å²) in [6.07, 6.45) is 1.47. The smallest absolute Gasteiger partial charge is 0.346 e. The second kappa shape index (κ2) is 4.96. The maximum Gasteiger partial charge on any atom is 0.346 e. The Kier molecular flexibility index (Phi) is 3.52. The van der Waals surface area contributed by atoms with Gasteiger partial charge in [-0.25, -0.2) is 9.48 Å². The second-order valence-electron chi connectivity index (χ2n) is 5.16. The van der Waals surface area contributed by atoms with E-state index in [1.165, 1.54) is 15.6 Å². The molecule has 8 nitrogen and oxygen atoms in total. The molecule has 2 aromatic rings. The van der Waals surface area contributed by atoms with Crippen molar-refractivity contribution in [3.8, 4) is 0 Å². The number of nitrogens with zero attached hydrogens (tertiary/aromatic N) is 5. The fourth-order valence-corrected chi connectivity index (χ4v) is 1.59. The highest BCUT2D eigenvalue weighted by Gasteiger charge is 2.19. The molecule has 0 atom stereocenters. The Labute approximate surface area is 110 Å². The molecule has 0 aromatic carbocycles. The number of rotatable bonds is 4. The Bertz CT molecular complexity index is 604. The maximum atomic E-state index is 12.1. The molecular weight excluding hydrogens is 250 g/mol. The van der Waals surface area contributed by atoms with Gasteiger partial charge < -0.3 is 9.26 Å². The Morgan fingerprint density at radius 2 is 2.16 bits per heavy atom. The first kappa shape index (κ1) is 13.5. The minimum absolute atomic E-state index is 0.203. The van der Waals surface area contributed by atoms with E-state index in [0.29, 0.717) is 11.7 Å². The summed E-state index contributed by atoms with van der Waals surface area (Å²) in [5.41, 5.74) is -0.563. The summed E-state index contributed by atoms with van der Waals surface area (Å²) in [4.78, 5) is 16.2. The Hall–Kier alpha value is -1.96. The highest BCUT2D eigenvalue weighted by atomic mass is 16.5. The molecule has 0 bridgehead atoms. The minimum Gasteiger partial charge on any atom is -0.375 e. The summed E-state index contributed by atoms with van der Waals surface area (Å²) < 4.78 is 12.7. The van der Waals surface area contributed by atoms with Crippen molar-refractivity contribution in [2.24, 2.45) is 0 Å². The lowest BCUT2D eigenvalue weighted by Gasteiger charge is -2.16. The minimum atomic E-state index is -0.360. The van der Waals surface area contributed by atoms with Crippen LogP contribution in [-0.4, -0.2) is 31.6 Å². The van der Waals surface area contributed by atoms with Crippen LogP contribution < -0.4 is 5.69 Å². The molecule has 0 unspecified atom stereocenters. The monoisotopic (exact) mass is 267 g/mol. The number of hydrogen-bond acceptors (Lipinski definition) is 6. The van der Waals surface area contributed by atoms with Crippen LogP contribution >= 0.6 is 0 Å². The standard InChI is InChI=1S/C11H17N5O3/c1-11(2,3)16-10(17)15(7-12-16)5-8-13-9(6-18-4)19-14-8/h7H,5-6H2,1-4H3. The van der Waals surface area contributed by atoms with Gasteiger partial charge in [0.25, 0.3) is 5.89 Å². The van der Waals surface area contributed by atoms with Crippen LogP contribution in [0.25, 0.3) is 0 Å². The molecule has 0 aliphatic heterocycles. The largest absolute Gasteiger partial charge is 0.375 e. The molecule has 19 heavy (non-hydrogen) atoms. The average Bonchev–Trinajstić information content (AvgIpc) is 2.88. The van der Waals surface area contributed by atoms with Gasteiger partial charge in [0.2, 0.25) is 0 Å². The third-order valence-electron chi connectivity index (χ3n) is 2.46. The molecule has 8 heteroatoms. The zero-order valence-electron chi connectivity index (χ0n) is 11.5. The zero-order chi connectivity index (χ0) is 14.0. The fourth-order valence-electron chi connectivity index (χ4n) is 1.59. The van der Waals surface area contributed by atoms with E-state index in [9.17, 15) is 4.79 Å². The maximum absolute atomic E-state index is 12.1. The van der Waals surface area contributed by atoms with Crippen molar-refractivity contribution >= 4 is 0 Å². The number of methoxy groups -OCH3 is 1. The van der Waals surface area contributed by atoms with Gasteiger partial charge in [0.1, 0.15) is 12.9 Å². The van der Waals surface area contributed by atoms with E-state index in [2.05, 4.69) is 15.2 Å². The average molecular weight is 267 g/mol. The van der Waals surface area contributed by atoms with Crippen molar-refractivity contribution in [1.29, 1.82) is 0 Å². The van der Waals surface area contributed by atoms with Crippen molar-refractivity contribution in [1.82, 2.24) is 24.5 Å². The lowest BCUT2D eigenvalue weighted by atomic mass is 10.1. The van der Waals surface area contributed by atoms with Gasteiger partial charge in [-0.05, 0) is 20.8 Å². The Morgan fingerprint density at radius 1 is 1.42 bits per heavy atom. The van der Waals surface area contributed by atoms with Gasteiger partial charge in [-0.15, -0.1) is 0 Å². The van der Waals surface area contributed by atoms with Gasteiger partial charge in [-0.1, -0.05) is 5.16 Å². The van der Waals surface area contributed by atoms with Crippen LogP contribution in [0.15, 0.2) is 15.6 Å². The Morgan fingerprint density at radius 3 is 2.74 bits per heavy atom. The van der Waals surface area contributed by atoms with Gasteiger partial charge in [0.05, 0.1) is 12.1 Å². The van der Waals surface area contributed by atoms with Crippen LogP contribution in [0.1, 0.15) is 32.5 Å². The molecule has 0 N–H and O–H groups in total. The van der Waals surface area contributed by atoms with Crippen molar-refractivity contribution in [2.45, 2.75) is 39.5 Å². The summed E-state index contributed by atoms with van der Waals surface area (Å²) in [6.45, 7) is 6.22. The third kappa shape index (κ3) is 2.90. The van der Waals surface area contributed by atoms with E-state index >= 15 is 0 Å². The number of aromatic nitrogens is 5. The molecule has 0 spiro atoms. The lowest BCUT2D eigenvalue weighted by Crippen LogP contribution is -2.36. The highest BCUT2D eigenvalue weighted by molar-refractivity contribution is 4.88. The molecule has 2 rings (SSSR count). The van der Waals surface area contributed by atoms with Gasteiger partial charge in [-0.2, -0.15) is 10.1 Å².